The number of aromatic amines is 1. The summed E-state index contributed by atoms with van der Waals surface area (Å²) in [6.07, 6.45) is -10.7. The van der Waals surface area contributed by atoms with Gasteiger partial charge in [-0.3, -0.25) is 23.4 Å². The van der Waals surface area contributed by atoms with Crippen molar-refractivity contribution in [1.29, 1.82) is 0 Å². The Hall–Kier alpha value is -2.73. The summed E-state index contributed by atoms with van der Waals surface area (Å²) in [6.45, 7) is -0.278. The van der Waals surface area contributed by atoms with Crippen LogP contribution in [0, 0.1) is 0 Å². The van der Waals surface area contributed by atoms with Crippen molar-refractivity contribution >= 4 is 32.8 Å². The summed E-state index contributed by atoms with van der Waals surface area (Å²) in [5, 5.41) is 58.1. The number of anilines is 1. The third kappa shape index (κ3) is 6.61. The van der Waals surface area contributed by atoms with Gasteiger partial charge in [-0.2, -0.15) is 9.29 Å². The second-order valence-electron chi connectivity index (χ2n) is 9.80. The summed E-state index contributed by atoms with van der Waals surface area (Å²) in [4.78, 5) is 42.0. The smallest absolute Gasteiger partial charge is 0.388 e. The van der Waals surface area contributed by atoms with Crippen LogP contribution in [0.2, 0.25) is 0 Å². The molecule has 0 amide bonds. The van der Waals surface area contributed by atoms with E-state index < -0.39 is 89.6 Å². The molecular formula is C19H28N8O15P2. The third-order valence-corrected chi connectivity index (χ3v) is 9.27. The first-order chi connectivity index (χ1) is 20.6. The number of ether oxygens (including phenoxy) is 2. The van der Waals surface area contributed by atoms with Crippen molar-refractivity contribution in [2.24, 2.45) is 0 Å². The molecule has 25 heteroatoms. The maximum atomic E-state index is 12.4. The van der Waals surface area contributed by atoms with Crippen molar-refractivity contribution in [3.63, 3.8) is 0 Å². The summed E-state index contributed by atoms with van der Waals surface area (Å²) in [5.41, 5.74) is 4.50. The molecule has 10 N–H and O–H groups in total. The number of phosphoric ester groups is 2. The zero-order chi connectivity index (χ0) is 32.1. The first kappa shape index (κ1) is 32.7. The summed E-state index contributed by atoms with van der Waals surface area (Å²) in [7, 11) is -10.7. The van der Waals surface area contributed by atoms with E-state index in [0.29, 0.717) is 0 Å². The van der Waals surface area contributed by atoms with E-state index in [1.165, 1.54) is 6.92 Å². The first-order valence-corrected chi connectivity index (χ1v) is 15.6. The number of imidazole rings is 1. The molecule has 3 aromatic rings. The van der Waals surface area contributed by atoms with Crippen molar-refractivity contribution in [1.82, 2.24) is 34.5 Å². The number of H-pyrrole nitrogens is 1. The van der Waals surface area contributed by atoms with Crippen LogP contribution in [0.3, 0.4) is 0 Å². The second kappa shape index (κ2) is 12.2. The molecule has 44 heavy (non-hydrogen) atoms. The normalized spacial score (nSPS) is 33.8. The van der Waals surface area contributed by atoms with Crippen LogP contribution in [-0.2, 0) is 38.6 Å². The van der Waals surface area contributed by atoms with Gasteiger partial charge >= 0.3 is 15.6 Å². The van der Waals surface area contributed by atoms with Crippen LogP contribution in [0.25, 0.3) is 11.2 Å². The fourth-order valence-electron chi connectivity index (χ4n) is 4.47. The molecule has 2 aliphatic heterocycles. The number of fused-ring (bicyclic) bond motifs is 1. The van der Waals surface area contributed by atoms with E-state index in [0.717, 1.165) is 21.8 Å². The molecule has 0 bridgehead atoms. The van der Waals surface area contributed by atoms with Crippen molar-refractivity contribution in [3.8, 4) is 0 Å². The number of phosphoric acid groups is 2. The fourth-order valence-corrected chi connectivity index (χ4v) is 6.52. The largest absolute Gasteiger partial charge is 0.481 e. The van der Waals surface area contributed by atoms with Crippen LogP contribution < -0.4 is 11.3 Å². The van der Waals surface area contributed by atoms with Crippen LogP contribution in [0.15, 0.2) is 17.3 Å². The maximum Gasteiger partial charge on any atom is 0.481 e. The molecule has 23 nitrogen and oxygen atoms in total. The van der Waals surface area contributed by atoms with E-state index in [-0.39, 0.29) is 22.8 Å². The number of nitrogens with zero attached hydrogens (tertiary/aromatic N) is 6. The van der Waals surface area contributed by atoms with Gasteiger partial charge in [-0.25, -0.2) is 18.8 Å². The third-order valence-electron chi connectivity index (χ3n) is 6.69. The number of aliphatic hydroxyl groups is 5. The van der Waals surface area contributed by atoms with Gasteiger partial charge in [0, 0.05) is 0 Å². The van der Waals surface area contributed by atoms with E-state index in [2.05, 4.69) is 38.6 Å². The monoisotopic (exact) mass is 670 g/mol. The van der Waals surface area contributed by atoms with E-state index in [1.54, 1.807) is 0 Å². The van der Waals surface area contributed by atoms with Gasteiger partial charge in [0.25, 0.3) is 5.56 Å². The molecular weight excluding hydrogens is 642 g/mol. The molecule has 2 saturated heterocycles. The number of nitrogens with one attached hydrogen (secondary N) is 1. The number of nitrogens with two attached hydrogens (primary N) is 1. The van der Waals surface area contributed by atoms with Gasteiger partial charge in [0.1, 0.15) is 48.9 Å². The average Bonchev–Trinajstić information content (AvgIpc) is 3.65. The molecule has 0 saturated carbocycles. The highest BCUT2D eigenvalue weighted by Gasteiger charge is 2.47. The van der Waals surface area contributed by atoms with E-state index in [1.807, 2.05) is 0 Å². The highest BCUT2D eigenvalue weighted by Crippen LogP contribution is 2.60. The fraction of sp³-hybridized carbons (Fsp3) is 0.632. The lowest BCUT2D eigenvalue weighted by molar-refractivity contribution is -0.243. The Labute approximate surface area is 244 Å². The molecule has 0 radical (unpaired) electrons. The van der Waals surface area contributed by atoms with Crippen molar-refractivity contribution in [2.45, 2.75) is 68.7 Å². The average molecular weight is 670 g/mol. The van der Waals surface area contributed by atoms with Gasteiger partial charge < -0.3 is 50.5 Å². The Morgan fingerprint density at radius 1 is 1.00 bits per heavy atom. The summed E-state index contributed by atoms with van der Waals surface area (Å²) in [6, 6.07) is 0. The van der Waals surface area contributed by atoms with Gasteiger partial charge in [0.15, 0.2) is 23.6 Å². The summed E-state index contributed by atoms with van der Waals surface area (Å²) >= 11 is 0. The van der Waals surface area contributed by atoms with Crippen molar-refractivity contribution < 1.29 is 67.3 Å². The Balaban J connectivity index is 1.16. The Bertz CT molecular complexity index is 1650. The Morgan fingerprint density at radius 2 is 1.68 bits per heavy atom. The molecule has 0 spiro atoms. The topological polar surface area (TPSA) is 342 Å². The number of aliphatic hydroxyl groups excluding tert-OH is 5. The second-order valence-corrected chi connectivity index (χ2v) is 12.8. The van der Waals surface area contributed by atoms with Crippen LogP contribution >= 0.6 is 15.6 Å². The van der Waals surface area contributed by atoms with Crippen LogP contribution in [0.1, 0.15) is 25.1 Å². The molecule has 5 heterocycles. The molecule has 0 aromatic carbocycles. The van der Waals surface area contributed by atoms with Crippen molar-refractivity contribution in [2.75, 3.05) is 12.3 Å². The molecule has 3 aromatic heterocycles. The number of hydrogen-bond donors (Lipinski definition) is 9. The molecule has 2 unspecified atom stereocenters. The summed E-state index contributed by atoms with van der Waals surface area (Å²) < 4.78 is 51.3. The Kier molecular flexibility index (Phi) is 9.07. The lowest BCUT2D eigenvalue weighted by Gasteiger charge is -2.38. The van der Waals surface area contributed by atoms with Gasteiger partial charge in [0.05, 0.1) is 25.2 Å². The summed E-state index contributed by atoms with van der Waals surface area (Å²) in [5.74, 6) is -0.261. The molecule has 244 valence electrons. The zero-order valence-corrected chi connectivity index (χ0v) is 24.1. The Morgan fingerprint density at radius 3 is 2.41 bits per heavy atom. The highest BCUT2D eigenvalue weighted by molar-refractivity contribution is 7.61. The molecule has 2 aliphatic rings. The van der Waals surface area contributed by atoms with Gasteiger partial charge in [-0.1, -0.05) is 5.21 Å². The van der Waals surface area contributed by atoms with Crippen LogP contribution in [0.4, 0.5) is 5.95 Å². The lowest BCUT2D eigenvalue weighted by atomic mass is 9.99. The molecule has 0 aliphatic carbocycles. The number of rotatable bonds is 10. The van der Waals surface area contributed by atoms with Crippen LogP contribution in [-0.4, -0.2) is 119 Å². The molecule has 2 fully saturated rings. The van der Waals surface area contributed by atoms with E-state index >= 15 is 0 Å². The minimum atomic E-state index is -5.36. The van der Waals surface area contributed by atoms with E-state index in [4.69, 9.17) is 15.2 Å². The van der Waals surface area contributed by atoms with E-state index in [9.17, 15) is 49.2 Å². The van der Waals surface area contributed by atoms with Gasteiger partial charge in [-0.05, 0) is 6.92 Å². The number of nitrogen functional groups attached to an aromatic ring is 1. The van der Waals surface area contributed by atoms with Gasteiger partial charge in [-0.15, -0.1) is 5.10 Å². The SMILES string of the molecule is C[C@H]1O[C@@H](n2cc(COP(=O)(O)OP(=O)(O)OC[C@H]3O[C@@H](n4cnc5c(=O)[nH]c(N)nc54)[C@H](O)[C@@H]3O)nn2)[C@H](O)[C@@H](O)[C@H]1O. The maximum absolute atomic E-state index is 12.4. The lowest BCUT2D eigenvalue weighted by Crippen LogP contribution is -2.54. The number of hydrogen-bond acceptors (Lipinski definition) is 18. The highest BCUT2D eigenvalue weighted by atomic mass is 31.3. The molecule has 11 atom stereocenters. The minimum absolute atomic E-state index is 0.0907. The predicted molar refractivity (Wildman–Crippen MR) is 138 cm³/mol. The zero-order valence-electron chi connectivity index (χ0n) is 22.3. The standard InChI is InChI=1S/C19H28N8O15P2/c1-6-10(28)12(30)14(32)18(40-6)27-2-7(24-25-27)3-38-43(34,35)42-44(36,37)39-4-8-11(29)13(31)17(41-8)26-5-21-9-15(26)22-19(20)23-16(9)33/h2,5-6,8,10-14,17-18,28-32H,3-4H2,1H3,(H,34,35)(H,36,37)(H3,20,22,23,33)/t6-,8-,10+,11-,12+,13-,14-,17-,18-/m1/s1. The quantitative estimate of drug-likeness (QED) is 0.0939. The predicted octanol–water partition coefficient (Wildman–Crippen LogP) is -3.64. The first-order valence-electron chi connectivity index (χ1n) is 12.6. The van der Waals surface area contributed by atoms with Crippen molar-refractivity contribution in [3.05, 3.63) is 28.6 Å². The minimum Gasteiger partial charge on any atom is -0.388 e. The van der Waals surface area contributed by atoms with Gasteiger partial charge in [0.2, 0.25) is 5.95 Å². The van der Waals surface area contributed by atoms with Crippen LogP contribution in [0.5, 0.6) is 0 Å². The molecule has 5 rings (SSSR count). The number of aromatic nitrogens is 7.